The molecule has 1 amide bonds. The van der Waals surface area contributed by atoms with Gasteiger partial charge in [0.1, 0.15) is 5.69 Å². The predicted octanol–water partition coefficient (Wildman–Crippen LogP) is 1.61. The van der Waals surface area contributed by atoms with E-state index in [2.05, 4.69) is 10.3 Å². The van der Waals surface area contributed by atoms with Gasteiger partial charge >= 0.3 is 0 Å². The monoisotopic (exact) mass is 409 g/mol. The lowest BCUT2D eigenvalue weighted by Crippen LogP contribution is -2.50. The number of benzene rings is 1. The van der Waals surface area contributed by atoms with Crippen molar-refractivity contribution in [2.45, 2.75) is 37.2 Å². The highest BCUT2D eigenvalue weighted by atomic mass is 35.5. The number of sulfonamides is 1. The van der Waals surface area contributed by atoms with E-state index in [-0.39, 0.29) is 16.8 Å². The van der Waals surface area contributed by atoms with Gasteiger partial charge in [0.25, 0.3) is 0 Å². The fourth-order valence-electron chi connectivity index (χ4n) is 3.29. The van der Waals surface area contributed by atoms with E-state index in [1.165, 1.54) is 10.4 Å². The molecule has 0 bridgehead atoms. The van der Waals surface area contributed by atoms with Crippen molar-refractivity contribution in [3.63, 3.8) is 0 Å². The highest BCUT2D eigenvalue weighted by Gasteiger charge is 2.38. The number of amides is 1. The van der Waals surface area contributed by atoms with Crippen molar-refractivity contribution in [1.29, 1.82) is 0 Å². The van der Waals surface area contributed by atoms with E-state index >= 15 is 0 Å². The minimum atomic E-state index is -3.57. The number of carbonyl (C=O) groups is 1. The van der Waals surface area contributed by atoms with Gasteiger partial charge in [0.2, 0.25) is 15.9 Å². The molecule has 0 N–H and O–H groups in total. The third-order valence-corrected chi connectivity index (χ3v) is 7.30. The maximum Gasteiger partial charge on any atom is 0.243 e. The molecule has 0 unspecified atom stereocenters. The number of carbonyl (C=O) groups excluding carboxylic acids is 1. The second-order valence-corrected chi connectivity index (χ2v) is 9.34. The fraction of sp³-hybridized carbons (Fsp3) is 0.471. The van der Waals surface area contributed by atoms with Crippen molar-refractivity contribution < 1.29 is 13.2 Å². The first-order valence-electron chi connectivity index (χ1n) is 8.79. The summed E-state index contributed by atoms with van der Waals surface area (Å²) in [6, 6.07) is 4.71. The first kappa shape index (κ1) is 18.4. The van der Waals surface area contributed by atoms with Crippen molar-refractivity contribution in [2.75, 3.05) is 19.6 Å². The van der Waals surface area contributed by atoms with Gasteiger partial charge in [-0.2, -0.15) is 4.31 Å². The van der Waals surface area contributed by atoms with Gasteiger partial charge in [-0.05, 0) is 31.0 Å². The number of hydrogen-bond donors (Lipinski definition) is 0. The van der Waals surface area contributed by atoms with E-state index < -0.39 is 10.0 Å². The van der Waals surface area contributed by atoms with Gasteiger partial charge in [-0.1, -0.05) is 22.9 Å². The molecule has 2 aromatic rings. The molecule has 0 radical (unpaired) electrons. The first-order chi connectivity index (χ1) is 12.8. The molecule has 3 heterocycles. The lowest BCUT2D eigenvalue weighted by atomic mass is 10.2. The maximum absolute atomic E-state index is 12.7. The molecule has 10 heteroatoms. The Morgan fingerprint density at radius 2 is 2.07 bits per heavy atom. The molecule has 1 aromatic heterocycles. The number of nitrogens with zero attached hydrogens (tertiary/aromatic N) is 5. The molecule has 0 aliphatic carbocycles. The number of aryl methyl sites for hydroxylation is 1. The number of aromatic nitrogens is 3. The minimum Gasteiger partial charge on any atom is -0.337 e. The lowest BCUT2D eigenvalue weighted by Gasteiger charge is -2.37. The smallest absolute Gasteiger partial charge is 0.243 e. The second kappa shape index (κ2) is 6.88. The molecular weight excluding hydrogens is 390 g/mol. The molecule has 8 nitrogen and oxygen atoms in total. The van der Waals surface area contributed by atoms with Gasteiger partial charge in [0.05, 0.1) is 23.7 Å². The lowest BCUT2D eigenvalue weighted by molar-refractivity contribution is -0.128. The van der Waals surface area contributed by atoms with E-state index in [4.69, 9.17) is 11.6 Å². The number of likely N-dealkylation sites (tertiary alicyclic amines) is 1. The highest BCUT2D eigenvalue weighted by Crippen LogP contribution is 2.29. The van der Waals surface area contributed by atoms with Crippen LogP contribution in [0.2, 0.25) is 5.02 Å². The molecule has 4 rings (SSSR count). The molecule has 144 valence electrons. The Kier molecular flexibility index (Phi) is 4.69. The molecule has 2 saturated heterocycles. The zero-order valence-electron chi connectivity index (χ0n) is 14.9. The van der Waals surface area contributed by atoms with Crippen LogP contribution < -0.4 is 0 Å². The topological polar surface area (TPSA) is 88.4 Å². The van der Waals surface area contributed by atoms with Crippen LogP contribution in [0.3, 0.4) is 0 Å². The van der Waals surface area contributed by atoms with E-state index in [1.807, 2.05) is 6.92 Å². The SMILES string of the molecule is Cc1ccc(S(=O)(=O)N2CC(n3cc(CN4CCCC4=O)nn3)C2)cc1Cl. The Hall–Kier alpha value is -1.97. The molecule has 0 saturated carbocycles. The van der Waals surface area contributed by atoms with E-state index in [0.29, 0.717) is 31.1 Å². The fourth-order valence-corrected chi connectivity index (χ4v) is 5.08. The second-order valence-electron chi connectivity index (χ2n) is 7.00. The van der Waals surface area contributed by atoms with Crippen molar-refractivity contribution in [2.24, 2.45) is 0 Å². The zero-order chi connectivity index (χ0) is 19.2. The van der Waals surface area contributed by atoms with E-state index in [0.717, 1.165) is 24.2 Å². The quantitative estimate of drug-likeness (QED) is 0.748. The summed E-state index contributed by atoms with van der Waals surface area (Å²) >= 11 is 6.06. The van der Waals surface area contributed by atoms with Crippen LogP contribution in [0, 0.1) is 6.92 Å². The Balaban J connectivity index is 1.40. The molecule has 2 aliphatic heterocycles. The molecule has 2 aliphatic rings. The van der Waals surface area contributed by atoms with Crippen LogP contribution in [0.4, 0.5) is 0 Å². The summed E-state index contributed by atoms with van der Waals surface area (Å²) in [5.41, 5.74) is 1.56. The molecule has 0 atom stereocenters. The Morgan fingerprint density at radius 1 is 1.30 bits per heavy atom. The van der Waals surface area contributed by atoms with Gasteiger partial charge in [-0.25, -0.2) is 13.1 Å². The highest BCUT2D eigenvalue weighted by molar-refractivity contribution is 7.89. The standard InChI is InChI=1S/C17H20ClN5O3S/c1-12-4-5-15(7-16(12)18)27(25,26)22-10-14(11-22)23-9-13(19-20-23)8-21-6-2-3-17(21)24/h4-5,7,9,14H,2-3,6,8,10-11H2,1H3. The summed E-state index contributed by atoms with van der Waals surface area (Å²) in [7, 11) is -3.57. The van der Waals surface area contributed by atoms with Crippen LogP contribution in [0.5, 0.6) is 0 Å². The third kappa shape index (κ3) is 3.46. The van der Waals surface area contributed by atoms with Crippen molar-refractivity contribution in [1.82, 2.24) is 24.2 Å². The molecular formula is C17H20ClN5O3S. The van der Waals surface area contributed by atoms with Crippen molar-refractivity contribution >= 4 is 27.5 Å². The minimum absolute atomic E-state index is 0.0591. The van der Waals surface area contributed by atoms with Crippen LogP contribution in [0.1, 0.15) is 30.1 Å². The summed E-state index contributed by atoms with van der Waals surface area (Å²) < 4.78 is 28.5. The van der Waals surface area contributed by atoms with E-state index in [1.54, 1.807) is 27.9 Å². The Labute approximate surface area is 162 Å². The van der Waals surface area contributed by atoms with Crippen molar-refractivity contribution in [3.8, 4) is 0 Å². The number of rotatable bonds is 5. The Morgan fingerprint density at radius 3 is 2.74 bits per heavy atom. The summed E-state index contributed by atoms with van der Waals surface area (Å²) in [5.74, 6) is 0.141. The average molecular weight is 410 g/mol. The molecule has 1 aromatic carbocycles. The number of halogens is 1. The summed E-state index contributed by atoms with van der Waals surface area (Å²) in [5, 5.41) is 8.66. The predicted molar refractivity (Wildman–Crippen MR) is 98.7 cm³/mol. The Bertz CT molecular complexity index is 984. The summed E-state index contributed by atoms with van der Waals surface area (Å²) in [6.07, 6.45) is 3.26. The van der Waals surface area contributed by atoms with Gasteiger partial charge in [0, 0.05) is 31.1 Å². The normalized spacial score (nSPS) is 18.9. The largest absolute Gasteiger partial charge is 0.337 e. The zero-order valence-corrected chi connectivity index (χ0v) is 16.4. The van der Waals surface area contributed by atoms with Gasteiger partial charge in [-0.3, -0.25) is 4.79 Å². The molecule has 0 spiro atoms. The first-order valence-corrected chi connectivity index (χ1v) is 10.6. The van der Waals surface area contributed by atoms with E-state index in [9.17, 15) is 13.2 Å². The van der Waals surface area contributed by atoms with Crippen LogP contribution in [0.15, 0.2) is 29.3 Å². The van der Waals surface area contributed by atoms with Crippen LogP contribution in [0.25, 0.3) is 0 Å². The maximum atomic E-state index is 12.7. The van der Waals surface area contributed by atoms with Crippen molar-refractivity contribution in [3.05, 3.63) is 40.7 Å². The van der Waals surface area contributed by atoms with Gasteiger partial charge in [-0.15, -0.1) is 5.10 Å². The summed E-state index contributed by atoms with van der Waals surface area (Å²) in [6.45, 7) is 3.70. The van der Waals surface area contributed by atoms with Gasteiger partial charge < -0.3 is 4.90 Å². The average Bonchev–Trinajstić information content (AvgIpc) is 3.18. The molecule has 2 fully saturated rings. The summed E-state index contributed by atoms with van der Waals surface area (Å²) in [4.78, 5) is 13.7. The third-order valence-electron chi connectivity index (χ3n) is 5.07. The number of hydrogen-bond acceptors (Lipinski definition) is 5. The van der Waals surface area contributed by atoms with Crippen LogP contribution in [-0.4, -0.2) is 58.2 Å². The molecule has 27 heavy (non-hydrogen) atoms. The van der Waals surface area contributed by atoms with Gasteiger partial charge in [0.15, 0.2) is 0 Å². The van der Waals surface area contributed by atoms with Crippen LogP contribution in [-0.2, 0) is 21.4 Å². The van der Waals surface area contributed by atoms with Crippen LogP contribution >= 0.6 is 11.6 Å².